The Bertz CT molecular complexity index is 1230. The van der Waals surface area contributed by atoms with Crippen molar-refractivity contribution in [3.8, 4) is 0 Å². The van der Waals surface area contributed by atoms with Gasteiger partial charge in [-0.05, 0) is 48.0 Å². The number of carbonyl (C=O) groups is 2. The topological polar surface area (TPSA) is 58.2 Å². The highest BCUT2D eigenvalue weighted by molar-refractivity contribution is 6.53. The molecular formula is C23H14Cl6N2O2. The van der Waals surface area contributed by atoms with E-state index in [4.69, 9.17) is 69.6 Å². The van der Waals surface area contributed by atoms with Crippen LogP contribution in [-0.4, -0.2) is 16.1 Å². The van der Waals surface area contributed by atoms with E-state index in [1.165, 1.54) is 12.1 Å². The second kappa shape index (κ2) is 9.53. The summed E-state index contributed by atoms with van der Waals surface area (Å²) in [6.45, 7) is 0. The Morgan fingerprint density at radius 1 is 0.788 bits per heavy atom. The van der Waals surface area contributed by atoms with Crippen LogP contribution >= 0.6 is 69.6 Å². The van der Waals surface area contributed by atoms with Gasteiger partial charge in [0.25, 0.3) is 5.91 Å². The van der Waals surface area contributed by atoms with Crippen LogP contribution in [0.5, 0.6) is 0 Å². The van der Waals surface area contributed by atoms with E-state index in [1.807, 2.05) is 6.07 Å². The lowest BCUT2D eigenvalue weighted by atomic mass is 10.1. The number of benzene rings is 3. The molecule has 0 bridgehead atoms. The molecule has 0 aliphatic heterocycles. The molecule has 2 atom stereocenters. The number of hydrogen-bond donors (Lipinski definition) is 2. The molecule has 3 aromatic carbocycles. The van der Waals surface area contributed by atoms with Crippen LogP contribution in [0.25, 0.3) is 0 Å². The minimum Gasteiger partial charge on any atom is -0.326 e. The molecule has 0 unspecified atom stereocenters. The lowest BCUT2D eigenvalue weighted by Gasteiger charge is -2.12. The zero-order valence-electron chi connectivity index (χ0n) is 16.5. The predicted octanol–water partition coefficient (Wildman–Crippen LogP) is 8.08. The summed E-state index contributed by atoms with van der Waals surface area (Å²) in [6.07, 6.45) is 0. The number of halogens is 6. The summed E-state index contributed by atoms with van der Waals surface area (Å²) in [6, 6.07) is 16.6. The molecule has 0 heterocycles. The average Bonchev–Trinajstić information content (AvgIpc) is 3.32. The number of amides is 2. The van der Waals surface area contributed by atoms with Gasteiger partial charge < -0.3 is 10.6 Å². The summed E-state index contributed by atoms with van der Waals surface area (Å²) in [7, 11) is 0. The van der Waals surface area contributed by atoms with Crippen molar-refractivity contribution in [2.45, 2.75) is 10.3 Å². The first-order chi connectivity index (χ1) is 15.6. The molecule has 33 heavy (non-hydrogen) atoms. The van der Waals surface area contributed by atoms with Crippen LogP contribution in [0.2, 0.25) is 20.1 Å². The molecule has 1 aliphatic rings. The fraction of sp³-hybridized carbons (Fsp3) is 0.130. The zero-order chi connectivity index (χ0) is 23.9. The first-order valence-electron chi connectivity index (χ1n) is 9.58. The minimum absolute atomic E-state index is 0.0602. The molecule has 1 saturated carbocycles. The van der Waals surface area contributed by atoms with Gasteiger partial charge in [-0.2, -0.15) is 0 Å². The molecule has 0 saturated heterocycles. The summed E-state index contributed by atoms with van der Waals surface area (Å²) >= 11 is 37.4. The fourth-order valence-corrected chi connectivity index (χ4v) is 5.37. The molecule has 4 nitrogen and oxygen atoms in total. The molecule has 1 aliphatic carbocycles. The number of rotatable bonds is 5. The van der Waals surface area contributed by atoms with Crippen molar-refractivity contribution >= 4 is 92.8 Å². The molecular weight excluding hydrogens is 549 g/mol. The molecule has 2 amide bonds. The van der Waals surface area contributed by atoms with Gasteiger partial charge in [0.15, 0.2) is 0 Å². The normalized spacial score (nSPS) is 18.5. The SMILES string of the molecule is O=C(Nc1ccccc1)c1cc(NC(=O)[C@H]2[C@H](c3cc(Cl)cc(Cl)c3)C2(Cl)Cl)cc(Cl)c1Cl. The number of anilines is 2. The van der Waals surface area contributed by atoms with Crippen LogP contribution in [-0.2, 0) is 4.79 Å². The lowest BCUT2D eigenvalue weighted by molar-refractivity contribution is -0.117. The van der Waals surface area contributed by atoms with Crippen LogP contribution in [0.1, 0.15) is 21.8 Å². The molecule has 170 valence electrons. The van der Waals surface area contributed by atoms with Gasteiger partial charge in [-0.3, -0.25) is 9.59 Å². The van der Waals surface area contributed by atoms with Gasteiger partial charge in [0, 0.05) is 27.3 Å². The number of hydrogen-bond acceptors (Lipinski definition) is 2. The highest BCUT2D eigenvalue weighted by atomic mass is 35.5. The number of carbonyl (C=O) groups excluding carboxylic acids is 2. The molecule has 0 aromatic heterocycles. The smallest absolute Gasteiger partial charge is 0.257 e. The van der Waals surface area contributed by atoms with Gasteiger partial charge in [0.05, 0.1) is 21.5 Å². The number of alkyl halides is 2. The largest absolute Gasteiger partial charge is 0.326 e. The van der Waals surface area contributed by atoms with Crippen LogP contribution in [0.15, 0.2) is 60.7 Å². The summed E-state index contributed by atoms with van der Waals surface area (Å²) in [4.78, 5) is 25.7. The summed E-state index contributed by atoms with van der Waals surface area (Å²) < 4.78 is -1.35. The molecule has 0 spiro atoms. The van der Waals surface area contributed by atoms with Crippen LogP contribution in [0.4, 0.5) is 11.4 Å². The van der Waals surface area contributed by atoms with Crippen LogP contribution in [0, 0.1) is 5.92 Å². The highest BCUT2D eigenvalue weighted by Gasteiger charge is 2.67. The van der Waals surface area contributed by atoms with E-state index in [1.54, 1.807) is 42.5 Å². The van der Waals surface area contributed by atoms with Gasteiger partial charge in [-0.1, -0.05) is 64.6 Å². The Morgan fingerprint density at radius 2 is 1.42 bits per heavy atom. The van der Waals surface area contributed by atoms with E-state index in [0.29, 0.717) is 21.3 Å². The Kier molecular flexibility index (Phi) is 7.07. The van der Waals surface area contributed by atoms with Crippen molar-refractivity contribution in [1.29, 1.82) is 0 Å². The first kappa shape index (κ1) is 24.5. The van der Waals surface area contributed by atoms with Gasteiger partial charge >= 0.3 is 0 Å². The summed E-state index contributed by atoms with van der Waals surface area (Å²) in [5.74, 6) is -2.22. The molecule has 2 N–H and O–H groups in total. The standard InChI is InChI=1S/C23H14Cl6N2O2/c24-12-6-11(7-13(25)8-12)18-19(23(18,28)29)22(33)31-15-9-16(20(27)17(26)10-15)21(32)30-14-4-2-1-3-5-14/h1-10,18-19H,(H,30,32)(H,31,33)/t18-,19+/m0/s1. The third kappa shape index (κ3) is 5.22. The van der Waals surface area contributed by atoms with Gasteiger partial charge in [0.2, 0.25) is 5.91 Å². The van der Waals surface area contributed by atoms with E-state index >= 15 is 0 Å². The van der Waals surface area contributed by atoms with Gasteiger partial charge in [-0.15, -0.1) is 23.2 Å². The summed E-state index contributed by atoms with van der Waals surface area (Å²) in [5.41, 5.74) is 1.60. The van der Waals surface area contributed by atoms with Crippen molar-refractivity contribution in [3.63, 3.8) is 0 Å². The summed E-state index contributed by atoms with van der Waals surface area (Å²) in [5, 5.41) is 6.43. The second-order valence-electron chi connectivity index (χ2n) is 7.46. The Morgan fingerprint density at radius 3 is 2.06 bits per heavy atom. The Labute approximate surface area is 220 Å². The van der Waals surface area contributed by atoms with E-state index in [0.717, 1.165) is 0 Å². The lowest BCUT2D eigenvalue weighted by Crippen LogP contribution is -2.18. The van der Waals surface area contributed by atoms with Crippen molar-refractivity contribution in [2.75, 3.05) is 10.6 Å². The number of para-hydroxylation sites is 1. The number of nitrogens with one attached hydrogen (secondary N) is 2. The molecule has 4 rings (SSSR count). The van der Waals surface area contributed by atoms with Gasteiger partial charge in [-0.25, -0.2) is 0 Å². The van der Waals surface area contributed by atoms with E-state index in [-0.39, 0.29) is 21.3 Å². The third-order valence-electron chi connectivity index (χ3n) is 5.15. The predicted molar refractivity (Wildman–Crippen MR) is 137 cm³/mol. The minimum atomic E-state index is -1.35. The van der Waals surface area contributed by atoms with E-state index in [2.05, 4.69) is 10.6 Å². The highest BCUT2D eigenvalue weighted by Crippen LogP contribution is 2.65. The molecule has 0 radical (unpaired) electrons. The Balaban J connectivity index is 1.55. The van der Waals surface area contributed by atoms with Crippen molar-refractivity contribution in [1.82, 2.24) is 0 Å². The first-order valence-corrected chi connectivity index (χ1v) is 11.8. The monoisotopic (exact) mass is 560 g/mol. The maximum absolute atomic E-state index is 13.0. The zero-order valence-corrected chi connectivity index (χ0v) is 21.0. The molecule has 1 fully saturated rings. The van der Waals surface area contributed by atoms with Crippen molar-refractivity contribution in [3.05, 3.63) is 91.9 Å². The van der Waals surface area contributed by atoms with Crippen LogP contribution in [0.3, 0.4) is 0 Å². The van der Waals surface area contributed by atoms with Gasteiger partial charge in [0.1, 0.15) is 4.33 Å². The van der Waals surface area contributed by atoms with Crippen molar-refractivity contribution in [2.24, 2.45) is 5.92 Å². The third-order valence-corrected chi connectivity index (χ3v) is 7.33. The van der Waals surface area contributed by atoms with Crippen LogP contribution < -0.4 is 10.6 Å². The van der Waals surface area contributed by atoms with Crippen molar-refractivity contribution < 1.29 is 9.59 Å². The molecule has 10 heteroatoms. The maximum Gasteiger partial charge on any atom is 0.257 e. The van der Waals surface area contributed by atoms with E-state index in [9.17, 15) is 9.59 Å². The second-order valence-corrected chi connectivity index (χ2v) is 10.6. The molecule has 3 aromatic rings. The maximum atomic E-state index is 13.0. The average molecular weight is 563 g/mol. The Hall–Kier alpha value is -1.66. The van der Waals surface area contributed by atoms with E-state index < -0.39 is 28.0 Å². The quantitative estimate of drug-likeness (QED) is 0.309. The fourth-order valence-electron chi connectivity index (χ4n) is 3.59.